The average Bonchev–Trinajstić information content (AvgIpc) is 2.53. The zero-order valence-electron chi connectivity index (χ0n) is 13.6. The maximum atomic E-state index is 12.4. The van der Waals surface area contributed by atoms with E-state index in [1.165, 1.54) is 0 Å². The van der Waals surface area contributed by atoms with Crippen molar-refractivity contribution in [3.05, 3.63) is 60.8 Å². The summed E-state index contributed by atoms with van der Waals surface area (Å²) < 4.78 is 5.41. The molecule has 2 rings (SSSR count). The molecule has 0 aromatic heterocycles. The van der Waals surface area contributed by atoms with Gasteiger partial charge in [0, 0.05) is 18.7 Å². The maximum absolute atomic E-state index is 12.4. The van der Waals surface area contributed by atoms with E-state index in [2.05, 4.69) is 6.58 Å². The van der Waals surface area contributed by atoms with Crippen molar-refractivity contribution in [1.82, 2.24) is 4.90 Å². The molecule has 4 heteroatoms. The van der Waals surface area contributed by atoms with Gasteiger partial charge in [0.15, 0.2) is 0 Å². The number of allylic oxidation sites excluding steroid dienone is 1. The van der Waals surface area contributed by atoms with Crippen molar-refractivity contribution in [2.24, 2.45) is 0 Å². The second-order valence-corrected chi connectivity index (χ2v) is 6.20. The summed E-state index contributed by atoms with van der Waals surface area (Å²) in [7, 11) is 0. The van der Waals surface area contributed by atoms with Gasteiger partial charge in [-0.1, -0.05) is 36.4 Å². The monoisotopic (exact) mass is 315 g/mol. The predicted octanol–water partition coefficient (Wildman–Crippen LogP) is 4.02. The lowest BCUT2D eigenvalue weighted by molar-refractivity contribution is 0.0398. The highest BCUT2D eigenvalue weighted by atomic mass is 16.6. The highest BCUT2D eigenvalue weighted by Gasteiger charge is 2.33. The number of hydrogen-bond acceptors (Lipinski definition) is 3. The van der Waals surface area contributed by atoms with Gasteiger partial charge in [0.05, 0.1) is 5.60 Å². The molecule has 0 spiro atoms. The second kappa shape index (κ2) is 7.97. The molecule has 124 valence electrons. The van der Waals surface area contributed by atoms with Crippen molar-refractivity contribution < 1.29 is 14.6 Å². The van der Waals surface area contributed by atoms with E-state index < -0.39 is 5.60 Å². The second-order valence-electron chi connectivity index (χ2n) is 6.20. The molecular weight excluding hydrogens is 290 g/mol. The predicted molar refractivity (Wildman–Crippen MR) is 90.7 cm³/mol. The number of carbonyl (C=O) groups is 1. The molecule has 1 aromatic rings. The molecule has 0 aliphatic carbocycles. The molecular formula is C19H25NO3. The molecule has 0 saturated heterocycles. The number of ether oxygens (including phenoxy) is 1. The summed E-state index contributed by atoms with van der Waals surface area (Å²) in [5.74, 6) is 0. The topological polar surface area (TPSA) is 49.8 Å². The number of aliphatic hydroxyl groups is 1. The molecule has 1 aliphatic rings. The summed E-state index contributed by atoms with van der Waals surface area (Å²) in [5, 5.41) is 10.2. The van der Waals surface area contributed by atoms with Crippen LogP contribution in [0.25, 0.3) is 0 Å². The quantitative estimate of drug-likeness (QED) is 0.637. The van der Waals surface area contributed by atoms with Crippen LogP contribution < -0.4 is 0 Å². The molecule has 0 fully saturated rings. The smallest absolute Gasteiger partial charge is 0.414 e. The van der Waals surface area contributed by atoms with E-state index >= 15 is 0 Å². The van der Waals surface area contributed by atoms with Crippen LogP contribution in [0, 0.1) is 0 Å². The first-order valence-corrected chi connectivity index (χ1v) is 8.03. The fraction of sp³-hybridized carbons (Fsp3) is 0.421. The maximum Gasteiger partial charge on any atom is 0.414 e. The van der Waals surface area contributed by atoms with Crippen LogP contribution in [0.3, 0.4) is 0 Å². The molecule has 0 bridgehead atoms. The van der Waals surface area contributed by atoms with Crippen molar-refractivity contribution in [2.45, 2.75) is 50.9 Å². The Kier molecular flexibility index (Phi) is 5.99. The lowest BCUT2D eigenvalue weighted by Gasteiger charge is -2.37. The summed E-state index contributed by atoms with van der Waals surface area (Å²) in [6.45, 7) is 5.73. The van der Waals surface area contributed by atoms with Crippen molar-refractivity contribution >= 4 is 6.09 Å². The largest absolute Gasteiger partial charge is 0.444 e. The fourth-order valence-electron chi connectivity index (χ4n) is 2.75. The van der Waals surface area contributed by atoms with Crippen molar-refractivity contribution in [3.8, 4) is 0 Å². The Labute approximate surface area is 138 Å². The van der Waals surface area contributed by atoms with Gasteiger partial charge in [-0.25, -0.2) is 4.79 Å². The summed E-state index contributed by atoms with van der Waals surface area (Å²) in [6, 6.07) is 9.55. The van der Waals surface area contributed by atoms with Crippen LogP contribution in [0.4, 0.5) is 4.79 Å². The molecule has 0 radical (unpaired) electrons. The first-order valence-electron chi connectivity index (χ1n) is 8.03. The Bertz CT molecular complexity index is 551. The highest BCUT2D eigenvalue weighted by molar-refractivity contribution is 5.69. The van der Waals surface area contributed by atoms with E-state index in [1.54, 1.807) is 24.1 Å². The molecule has 1 aliphatic heterocycles. The third-order valence-corrected chi connectivity index (χ3v) is 4.00. The van der Waals surface area contributed by atoms with Crippen molar-refractivity contribution in [3.63, 3.8) is 0 Å². The van der Waals surface area contributed by atoms with Crippen LogP contribution >= 0.6 is 0 Å². The van der Waals surface area contributed by atoms with Gasteiger partial charge in [-0.05, 0) is 37.8 Å². The Morgan fingerprint density at radius 2 is 2.22 bits per heavy atom. The molecule has 2 atom stereocenters. The van der Waals surface area contributed by atoms with E-state index in [1.807, 2.05) is 36.4 Å². The number of carbonyl (C=O) groups excluding carboxylic acids is 1. The normalized spacial score (nSPS) is 23.6. The fourth-order valence-corrected chi connectivity index (χ4v) is 2.75. The van der Waals surface area contributed by atoms with Gasteiger partial charge >= 0.3 is 6.09 Å². The number of hydrogen-bond donors (Lipinski definition) is 1. The zero-order chi connectivity index (χ0) is 16.7. The zero-order valence-corrected chi connectivity index (χ0v) is 13.6. The molecule has 1 aromatic carbocycles. The lowest BCUT2D eigenvalue weighted by Crippen LogP contribution is -2.45. The lowest BCUT2D eigenvalue weighted by atomic mass is 9.90. The molecule has 0 unspecified atom stereocenters. The Morgan fingerprint density at radius 1 is 1.48 bits per heavy atom. The number of benzene rings is 1. The van der Waals surface area contributed by atoms with Gasteiger partial charge in [-0.3, -0.25) is 4.90 Å². The molecule has 0 saturated carbocycles. The van der Waals surface area contributed by atoms with Crippen LogP contribution in [0.1, 0.15) is 38.2 Å². The molecule has 23 heavy (non-hydrogen) atoms. The van der Waals surface area contributed by atoms with E-state index in [0.717, 1.165) is 24.8 Å². The number of unbranched alkanes of at least 4 members (excludes halogenated alkanes) is 1. The Hall–Kier alpha value is -2.07. The standard InChI is InChI=1S/C19H25NO3/c1-3-4-6-11-17-14-19(2,22)12-13-20(17)18(21)23-15-16-9-7-5-8-10-16/h3,5,7-10,12-13,17,22H,1,4,6,11,14-15H2,2H3/t17-,19-/m1/s1. The van der Waals surface area contributed by atoms with Gasteiger partial charge in [0.1, 0.15) is 6.61 Å². The van der Waals surface area contributed by atoms with Crippen molar-refractivity contribution in [2.75, 3.05) is 0 Å². The first kappa shape index (κ1) is 17.3. The summed E-state index contributed by atoms with van der Waals surface area (Å²) in [6.07, 6.45) is 7.96. The third-order valence-electron chi connectivity index (χ3n) is 4.00. The number of rotatable bonds is 6. The van der Waals surface area contributed by atoms with E-state index in [4.69, 9.17) is 4.74 Å². The van der Waals surface area contributed by atoms with Gasteiger partial charge in [-0.15, -0.1) is 6.58 Å². The van der Waals surface area contributed by atoms with E-state index in [0.29, 0.717) is 6.42 Å². The highest BCUT2D eigenvalue weighted by Crippen LogP contribution is 2.27. The minimum Gasteiger partial charge on any atom is -0.444 e. The number of amides is 1. The molecule has 4 nitrogen and oxygen atoms in total. The number of nitrogens with zero attached hydrogens (tertiary/aromatic N) is 1. The Balaban J connectivity index is 1.98. The average molecular weight is 315 g/mol. The van der Waals surface area contributed by atoms with Crippen LogP contribution in [0.5, 0.6) is 0 Å². The van der Waals surface area contributed by atoms with E-state index in [9.17, 15) is 9.90 Å². The SMILES string of the molecule is C=CCCC[C@@H]1C[C@](C)(O)C=CN1C(=O)OCc1ccccc1. The summed E-state index contributed by atoms with van der Waals surface area (Å²) in [5.41, 5.74) is 0.0757. The minimum atomic E-state index is -0.880. The summed E-state index contributed by atoms with van der Waals surface area (Å²) in [4.78, 5) is 14.0. The van der Waals surface area contributed by atoms with Gasteiger partial charge in [-0.2, -0.15) is 0 Å². The van der Waals surface area contributed by atoms with Crippen LogP contribution in [0.2, 0.25) is 0 Å². The van der Waals surface area contributed by atoms with Crippen LogP contribution in [-0.2, 0) is 11.3 Å². The van der Waals surface area contributed by atoms with E-state index in [-0.39, 0.29) is 18.7 Å². The first-order chi connectivity index (χ1) is 11.0. The van der Waals surface area contributed by atoms with Gasteiger partial charge in [0.25, 0.3) is 0 Å². The molecule has 1 heterocycles. The third kappa shape index (κ3) is 5.25. The molecule has 1 N–H and O–H groups in total. The minimum absolute atomic E-state index is 0.0572. The molecule has 1 amide bonds. The van der Waals surface area contributed by atoms with Crippen LogP contribution in [-0.4, -0.2) is 27.7 Å². The van der Waals surface area contributed by atoms with Crippen LogP contribution in [0.15, 0.2) is 55.3 Å². The van der Waals surface area contributed by atoms with Crippen molar-refractivity contribution in [1.29, 1.82) is 0 Å². The Morgan fingerprint density at radius 3 is 2.91 bits per heavy atom. The van der Waals surface area contributed by atoms with Gasteiger partial charge < -0.3 is 9.84 Å². The summed E-state index contributed by atoms with van der Waals surface area (Å²) >= 11 is 0. The van der Waals surface area contributed by atoms with Gasteiger partial charge in [0.2, 0.25) is 0 Å².